The lowest BCUT2D eigenvalue weighted by atomic mass is 10.1. The summed E-state index contributed by atoms with van der Waals surface area (Å²) in [6.45, 7) is 1.87. The molecule has 10 nitrogen and oxygen atoms in total. The van der Waals surface area contributed by atoms with E-state index in [4.69, 9.17) is 33.7 Å². The molecule has 2 heterocycles. The predicted octanol–water partition coefficient (Wildman–Crippen LogP) is 4.89. The van der Waals surface area contributed by atoms with Crippen LogP contribution >= 0.6 is 23.2 Å². The smallest absolute Gasteiger partial charge is 0.337 e. The van der Waals surface area contributed by atoms with Gasteiger partial charge in [0.2, 0.25) is 0 Å². The molecule has 2 aromatic carbocycles. The van der Waals surface area contributed by atoms with Crippen molar-refractivity contribution in [1.29, 1.82) is 0 Å². The molecule has 3 amide bonds. The van der Waals surface area contributed by atoms with Crippen LogP contribution in [0.15, 0.2) is 60.9 Å². The van der Waals surface area contributed by atoms with Gasteiger partial charge in [0, 0.05) is 46.7 Å². The molecule has 0 aliphatic heterocycles. The predicted molar refractivity (Wildman–Crippen MR) is 147 cm³/mol. The van der Waals surface area contributed by atoms with Crippen molar-refractivity contribution in [2.75, 3.05) is 11.9 Å². The third-order valence-electron chi connectivity index (χ3n) is 5.93. The fourth-order valence-corrected chi connectivity index (χ4v) is 4.54. The molecule has 0 spiro atoms. The van der Waals surface area contributed by atoms with E-state index in [0.717, 1.165) is 17.3 Å². The molecule has 0 aliphatic rings. The number of halogens is 2. The number of fused-ring (bicyclic) bond motifs is 1. The van der Waals surface area contributed by atoms with E-state index in [1.165, 1.54) is 24.2 Å². The van der Waals surface area contributed by atoms with E-state index in [9.17, 15) is 19.5 Å². The second-order valence-corrected chi connectivity index (χ2v) is 9.36. The lowest BCUT2D eigenvalue weighted by Gasteiger charge is -2.26. The molecule has 2 aromatic heterocycles. The normalized spacial score (nSPS) is 11.6. The second-order valence-electron chi connectivity index (χ2n) is 8.58. The maximum atomic E-state index is 13.5. The average molecular weight is 568 g/mol. The fourth-order valence-electron chi connectivity index (χ4n) is 3.94. The number of ether oxygens (including phenoxy) is 1. The number of carboxylic acid groups (broad SMARTS) is 1. The number of aromatic nitrogens is 2. The monoisotopic (exact) mass is 567 g/mol. The fraction of sp³-hybridized carbons (Fsp3) is 0.148. The van der Waals surface area contributed by atoms with Gasteiger partial charge < -0.3 is 25.8 Å². The van der Waals surface area contributed by atoms with Crippen LogP contribution in [0.3, 0.4) is 0 Å². The minimum Gasteiger partial charge on any atom is -0.487 e. The Morgan fingerprint density at radius 1 is 1.13 bits per heavy atom. The van der Waals surface area contributed by atoms with E-state index in [-0.39, 0.29) is 28.4 Å². The first-order valence-corrected chi connectivity index (χ1v) is 12.3. The summed E-state index contributed by atoms with van der Waals surface area (Å²) in [5.74, 6) is -1.36. The van der Waals surface area contributed by atoms with Gasteiger partial charge in [-0.1, -0.05) is 41.4 Å². The summed E-state index contributed by atoms with van der Waals surface area (Å²) in [4.78, 5) is 46.2. The standard InChI is InChI=1S/C27H23Cl2N5O5/c1-14-6-7-15-4-3-5-21(23(15)32-14)39-13-18-19(28)8-9-20(22(18)29)34(2)25(35)24(33-27(30)38)16-10-17(26(36)37)12-31-11-16/h3-12,24H,13H2,1-2H3,(H,36,37)(H3,30,33,38). The minimum atomic E-state index is -1.34. The number of nitrogens with zero attached hydrogens (tertiary/aromatic N) is 3. The van der Waals surface area contributed by atoms with Crippen molar-refractivity contribution in [1.82, 2.24) is 15.3 Å². The van der Waals surface area contributed by atoms with Crippen molar-refractivity contribution in [2.45, 2.75) is 19.6 Å². The average Bonchev–Trinajstić information content (AvgIpc) is 2.91. The number of aromatic carboxylic acids is 1. The zero-order valence-electron chi connectivity index (χ0n) is 20.8. The van der Waals surface area contributed by atoms with Gasteiger partial charge in [-0.2, -0.15) is 0 Å². The molecule has 39 heavy (non-hydrogen) atoms. The first-order chi connectivity index (χ1) is 18.6. The zero-order valence-corrected chi connectivity index (χ0v) is 22.3. The highest BCUT2D eigenvalue weighted by atomic mass is 35.5. The number of carboxylic acids is 1. The number of hydrogen-bond acceptors (Lipinski definition) is 6. The largest absolute Gasteiger partial charge is 0.487 e. The van der Waals surface area contributed by atoms with Crippen LogP contribution < -0.4 is 20.7 Å². The number of benzene rings is 2. The van der Waals surface area contributed by atoms with Crippen LogP contribution in [0.2, 0.25) is 10.0 Å². The number of carbonyl (C=O) groups excluding carboxylic acids is 2. The van der Waals surface area contributed by atoms with Crippen LogP contribution in [0.1, 0.15) is 33.2 Å². The van der Waals surface area contributed by atoms with Crippen LogP contribution in [0.25, 0.3) is 10.9 Å². The number of primary amides is 1. The molecule has 0 bridgehead atoms. The van der Waals surface area contributed by atoms with Gasteiger partial charge in [0.05, 0.1) is 16.3 Å². The molecular formula is C27H23Cl2N5O5. The quantitative estimate of drug-likeness (QED) is 0.274. The molecular weight excluding hydrogens is 545 g/mol. The molecule has 0 saturated heterocycles. The Balaban J connectivity index is 1.64. The van der Waals surface area contributed by atoms with Gasteiger partial charge in [0.25, 0.3) is 5.91 Å². The van der Waals surface area contributed by atoms with E-state index < -0.39 is 23.9 Å². The summed E-state index contributed by atoms with van der Waals surface area (Å²) in [6.07, 6.45) is 2.39. The van der Waals surface area contributed by atoms with Crippen LogP contribution in [0, 0.1) is 6.92 Å². The molecule has 0 fully saturated rings. The Morgan fingerprint density at radius 2 is 1.90 bits per heavy atom. The van der Waals surface area contributed by atoms with Crippen LogP contribution in [-0.4, -0.2) is 40.0 Å². The summed E-state index contributed by atoms with van der Waals surface area (Å²) in [5, 5.41) is 13.0. The van der Waals surface area contributed by atoms with Crippen molar-refractivity contribution in [3.8, 4) is 5.75 Å². The van der Waals surface area contributed by atoms with Gasteiger partial charge >= 0.3 is 12.0 Å². The topological polar surface area (TPSA) is 148 Å². The van der Waals surface area contributed by atoms with E-state index >= 15 is 0 Å². The Labute approximate surface area is 233 Å². The van der Waals surface area contributed by atoms with Crippen molar-refractivity contribution in [3.63, 3.8) is 0 Å². The highest BCUT2D eigenvalue weighted by Gasteiger charge is 2.29. The van der Waals surface area contributed by atoms with Crippen molar-refractivity contribution >= 4 is 57.7 Å². The molecule has 4 N–H and O–H groups in total. The first-order valence-electron chi connectivity index (χ1n) is 11.5. The zero-order chi connectivity index (χ0) is 28.3. The molecule has 1 atom stereocenters. The number of hydrogen-bond donors (Lipinski definition) is 3. The summed E-state index contributed by atoms with van der Waals surface area (Å²) in [6, 6.07) is 11.4. The number of amides is 3. The lowest BCUT2D eigenvalue weighted by Crippen LogP contribution is -2.43. The maximum absolute atomic E-state index is 13.5. The summed E-state index contributed by atoms with van der Waals surface area (Å²) < 4.78 is 6.05. The van der Waals surface area contributed by atoms with E-state index in [2.05, 4.69) is 15.3 Å². The van der Waals surface area contributed by atoms with Crippen molar-refractivity contribution in [2.24, 2.45) is 5.73 Å². The van der Waals surface area contributed by atoms with E-state index in [0.29, 0.717) is 21.9 Å². The molecule has 200 valence electrons. The number of aryl methyl sites for hydroxylation is 1. The number of carbonyl (C=O) groups is 3. The number of para-hydroxylation sites is 1. The molecule has 0 saturated carbocycles. The van der Waals surface area contributed by atoms with E-state index in [1.54, 1.807) is 18.2 Å². The molecule has 0 aliphatic carbocycles. The molecule has 4 rings (SSSR count). The number of nitrogens with one attached hydrogen (secondary N) is 1. The summed E-state index contributed by atoms with van der Waals surface area (Å²) in [5.41, 5.74) is 7.48. The van der Waals surface area contributed by atoms with Gasteiger partial charge in [-0.3, -0.25) is 9.78 Å². The van der Waals surface area contributed by atoms with Gasteiger partial charge in [-0.25, -0.2) is 14.6 Å². The van der Waals surface area contributed by atoms with Gasteiger partial charge in [0.1, 0.15) is 23.9 Å². The summed E-state index contributed by atoms with van der Waals surface area (Å²) in [7, 11) is 1.45. The number of anilines is 1. The Morgan fingerprint density at radius 3 is 2.62 bits per heavy atom. The summed E-state index contributed by atoms with van der Waals surface area (Å²) >= 11 is 13.2. The lowest BCUT2D eigenvalue weighted by molar-refractivity contribution is -0.120. The molecule has 12 heteroatoms. The SMILES string of the molecule is Cc1ccc2cccc(OCc3c(Cl)ccc(N(C)C(=O)C(NC(N)=O)c4cncc(C(=O)O)c4)c3Cl)c2n1. The Bertz CT molecular complexity index is 1600. The van der Waals surface area contributed by atoms with Gasteiger partial charge in [-0.15, -0.1) is 0 Å². The molecule has 0 radical (unpaired) electrons. The maximum Gasteiger partial charge on any atom is 0.337 e. The van der Waals surface area contributed by atoms with Crippen LogP contribution in [0.5, 0.6) is 5.75 Å². The van der Waals surface area contributed by atoms with Gasteiger partial charge in [0.15, 0.2) is 0 Å². The molecule has 4 aromatic rings. The number of pyridine rings is 2. The van der Waals surface area contributed by atoms with Crippen molar-refractivity contribution < 1.29 is 24.2 Å². The number of rotatable bonds is 8. The Kier molecular flexibility index (Phi) is 8.18. The van der Waals surface area contributed by atoms with Gasteiger partial charge in [-0.05, 0) is 37.3 Å². The second kappa shape index (κ2) is 11.5. The van der Waals surface area contributed by atoms with Crippen LogP contribution in [-0.2, 0) is 11.4 Å². The number of nitrogens with two attached hydrogens (primary N) is 1. The Hall–Kier alpha value is -4.41. The van der Waals surface area contributed by atoms with E-state index in [1.807, 2.05) is 31.2 Å². The van der Waals surface area contributed by atoms with Crippen LogP contribution in [0.4, 0.5) is 10.5 Å². The highest BCUT2D eigenvalue weighted by Crippen LogP contribution is 2.36. The van der Waals surface area contributed by atoms with Crippen molar-refractivity contribution in [3.05, 3.63) is 93.4 Å². The third-order valence-corrected chi connectivity index (χ3v) is 6.70. The highest BCUT2D eigenvalue weighted by molar-refractivity contribution is 6.38. The number of urea groups is 1. The first kappa shape index (κ1) is 27.6. The number of likely N-dealkylation sites (N-methyl/N-ethyl adjacent to an activating group) is 1. The molecule has 1 unspecified atom stereocenters. The minimum absolute atomic E-state index is 0.0180. The third kappa shape index (κ3) is 6.02.